The summed E-state index contributed by atoms with van der Waals surface area (Å²) < 4.78 is 9.05. The molecule has 0 fully saturated rings. The van der Waals surface area contributed by atoms with Crippen molar-refractivity contribution in [1.29, 1.82) is 0 Å². The van der Waals surface area contributed by atoms with Crippen molar-refractivity contribution in [3.05, 3.63) is 181 Å². The largest absolute Gasteiger partial charge is 0.456 e. The first kappa shape index (κ1) is 31.9. The molecule has 3 aromatic heterocycles. The fourth-order valence-electron chi connectivity index (χ4n) is 9.26. The molecule has 5 nitrogen and oxygen atoms in total. The third-order valence-electron chi connectivity index (χ3n) is 12.0. The van der Waals surface area contributed by atoms with Crippen molar-refractivity contribution >= 4 is 54.5 Å². The van der Waals surface area contributed by atoms with E-state index in [9.17, 15) is 0 Å². The van der Waals surface area contributed by atoms with Crippen molar-refractivity contribution < 1.29 is 4.42 Å². The van der Waals surface area contributed by atoms with Gasteiger partial charge in [0.15, 0.2) is 17.5 Å². The van der Waals surface area contributed by atoms with Crippen LogP contribution in [0.3, 0.4) is 0 Å². The van der Waals surface area contributed by atoms with Crippen LogP contribution in [0.1, 0.15) is 25.0 Å². The molecular formula is C52H34N4O. The molecule has 0 saturated carbocycles. The third kappa shape index (κ3) is 4.72. The Hall–Kier alpha value is -7.37. The first-order chi connectivity index (χ1) is 28.0. The number of rotatable bonds is 4. The average molecular weight is 731 g/mol. The average Bonchev–Trinajstić information content (AvgIpc) is 3.87. The van der Waals surface area contributed by atoms with Gasteiger partial charge in [-0.05, 0) is 69.4 Å². The van der Waals surface area contributed by atoms with Gasteiger partial charge in [-0.1, -0.05) is 141 Å². The van der Waals surface area contributed by atoms with Crippen LogP contribution in [0, 0.1) is 0 Å². The molecule has 5 heteroatoms. The quantitative estimate of drug-likeness (QED) is 0.181. The highest BCUT2D eigenvalue weighted by molar-refractivity contribution is 6.15. The van der Waals surface area contributed by atoms with Gasteiger partial charge in [-0.25, -0.2) is 15.0 Å². The van der Waals surface area contributed by atoms with Crippen LogP contribution in [-0.2, 0) is 5.41 Å². The predicted molar refractivity (Wildman–Crippen MR) is 233 cm³/mol. The van der Waals surface area contributed by atoms with Gasteiger partial charge < -0.3 is 8.98 Å². The van der Waals surface area contributed by atoms with Gasteiger partial charge in [-0.15, -0.1) is 0 Å². The van der Waals surface area contributed by atoms with Crippen molar-refractivity contribution in [1.82, 2.24) is 19.5 Å². The van der Waals surface area contributed by atoms with Gasteiger partial charge in [0.25, 0.3) is 0 Å². The number of hydrogen-bond donors (Lipinski definition) is 0. The Bertz CT molecular complexity index is 3450. The van der Waals surface area contributed by atoms with E-state index < -0.39 is 0 Å². The van der Waals surface area contributed by atoms with Crippen LogP contribution < -0.4 is 0 Å². The van der Waals surface area contributed by atoms with Crippen LogP contribution in [0.25, 0.3) is 105 Å². The van der Waals surface area contributed by atoms with Crippen LogP contribution in [0.2, 0.25) is 0 Å². The van der Waals surface area contributed by atoms with Crippen LogP contribution in [0.4, 0.5) is 0 Å². The molecule has 1 aliphatic rings. The van der Waals surface area contributed by atoms with Crippen molar-refractivity contribution in [2.75, 3.05) is 0 Å². The first-order valence-electron chi connectivity index (χ1n) is 19.4. The second-order valence-electron chi connectivity index (χ2n) is 15.6. The van der Waals surface area contributed by atoms with E-state index in [1.807, 2.05) is 30.3 Å². The molecule has 12 rings (SSSR count). The van der Waals surface area contributed by atoms with E-state index in [1.54, 1.807) is 0 Å². The number of hydrogen-bond acceptors (Lipinski definition) is 4. The number of aromatic nitrogens is 4. The summed E-state index contributed by atoms with van der Waals surface area (Å²) in [6, 6.07) is 60.1. The Morgan fingerprint density at radius 1 is 0.439 bits per heavy atom. The Balaban J connectivity index is 1.15. The van der Waals surface area contributed by atoms with Gasteiger partial charge in [0.05, 0.1) is 16.7 Å². The minimum Gasteiger partial charge on any atom is -0.456 e. The highest BCUT2D eigenvalue weighted by Crippen LogP contribution is 2.49. The lowest BCUT2D eigenvalue weighted by atomic mass is 9.82. The van der Waals surface area contributed by atoms with Crippen molar-refractivity contribution in [3.8, 4) is 51.0 Å². The van der Waals surface area contributed by atoms with E-state index in [0.29, 0.717) is 17.5 Å². The van der Waals surface area contributed by atoms with E-state index in [0.717, 1.165) is 55.3 Å². The Morgan fingerprint density at radius 2 is 1.11 bits per heavy atom. The van der Waals surface area contributed by atoms with Gasteiger partial charge in [0.2, 0.25) is 0 Å². The molecule has 57 heavy (non-hydrogen) atoms. The van der Waals surface area contributed by atoms with Crippen LogP contribution in [0.15, 0.2) is 174 Å². The zero-order valence-electron chi connectivity index (χ0n) is 31.4. The zero-order chi connectivity index (χ0) is 37.8. The molecule has 0 N–H and O–H groups in total. The molecular weight excluding hydrogens is 697 g/mol. The van der Waals surface area contributed by atoms with Gasteiger partial charge in [-0.2, -0.15) is 0 Å². The van der Waals surface area contributed by atoms with Crippen LogP contribution >= 0.6 is 0 Å². The molecule has 268 valence electrons. The summed E-state index contributed by atoms with van der Waals surface area (Å²) in [6.45, 7) is 4.61. The third-order valence-corrected chi connectivity index (χ3v) is 12.0. The maximum absolute atomic E-state index is 6.70. The molecule has 0 radical (unpaired) electrons. The van der Waals surface area contributed by atoms with Gasteiger partial charge in [0.1, 0.15) is 11.2 Å². The Labute approximate surface area is 328 Å². The van der Waals surface area contributed by atoms with Crippen molar-refractivity contribution in [2.45, 2.75) is 19.3 Å². The normalized spacial score (nSPS) is 13.2. The summed E-state index contributed by atoms with van der Waals surface area (Å²) in [7, 11) is 0. The summed E-state index contributed by atoms with van der Waals surface area (Å²) in [5, 5.41) is 6.79. The summed E-state index contributed by atoms with van der Waals surface area (Å²) in [6.07, 6.45) is 0. The fraction of sp³-hybridized carbons (Fsp3) is 0.0577. The first-order valence-corrected chi connectivity index (χ1v) is 19.4. The molecule has 0 spiro atoms. The molecule has 0 unspecified atom stereocenters. The standard InChI is InChI=1S/C52H34N4O/c1-52(2)42-21-11-8-18-36(42)37-25-24-34(27-43(37)52)50-53-49(31-14-4-3-5-15-31)54-51(55-50)41-29-35(30-47-48(41)39-20-10-13-23-46(39)57-47)56-44-22-12-9-19-38(44)40-26-32-16-6-7-17-33(32)28-45(40)56/h3-30H,1-2H3. The smallest absolute Gasteiger partial charge is 0.164 e. The topological polar surface area (TPSA) is 56.7 Å². The minimum atomic E-state index is -0.163. The molecule has 0 bridgehead atoms. The number of furan rings is 1. The lowest BCUT2D eigenvalue weighted by Crippen LogP contribution is -2.15. The van der Waals surface area contributed by atoms with Gasteiger partial charge >= 0.3 is 0 Å². The lowest BCUT2D eigenvalue weighted by molar-refractivity contribution is 0.660. The summed E-state index contributed by atoms with van der Waals surface area (Å²) in [5.74, 6) is 1.84. The van der Waals surface area contributed by atoms with Crippen LogP contribution in [0.5, 0.6) is 0 Å². The van der Waals surface area contributed by atoms with E-state index in [-0.39, 0.29) is 5.41 Å². The van der Waals surface area contributed by atoms with Gasteiger partial charge in [-0.3, -0.25) is 0 Å². The molecule has 0 aliphatic heterocycles. The lowest BCUT2D eigenvalue weighted by Gasteiger charge is -2.21. The highest BCUT2D eigenvalue weighted by Gasteiger charge is 2.35. The Morgan fingerprint density at radius 3 is 1.96 bits per heavy atom. The molecule has 0 atom stereocenters. The molecule has 8 aromatic carbocycles. The predicted octanol–water partition coefficient (Wildman–Crippen LogP) is 13.3. The number of nitrogens with zero attached hydrogens (tertiary/aromatic N) is 4. The van der Waals surface area contributed by atoms with Crippen LogP contribution in [-0.4, -0.2) is 19.5 Å². The van der Waals surface area contributed by atoms with E-state index in [1.165, 1.54) is 43.8 Å². The second kappa shape index (κ2) is 11.8. The maximum atomic E-state index is 6.70. The summed E-state index contributed by atoms with van der Waals surface area (Å²) >= 11 is 0. The summed E-state index contributed by atoms with van der Waals surface area (Å²) in [5.41, 5.74) is 12.6. The Kier molecular flexibility index (Phi) is 6.62. The second-order valence-corrected chi connectivity index (χ2v) is 15.6. The molecule has 0 amide bonds. The SMILES string of the molecule is CC1(C)c2ccccc2-c2ccc(-c3nc(-c4ccccc4)nc(-c4cc(-n5c6ccccc6c6cc7ccccc7cc65)cc5oc6ccccc6c45)n3)cc21. The summed E-state index contributed by atoms with van der Waals surface area (Å²) in [4.78, 5) is 15.8. The monoisotopic (exact) mass is 730 g/mol. The number of benzene rings is 8. The maximum Gasteiger partial charge on any atom is 0.164 e. The van der Waals surface area contributed by atoms with E-state index in [2.05, 4.69) is 158 Å². The number of fused-ring (bicyclic) bond motifs is 10. The van der Waals surface area contributed by atoms with E-state index in [4.69, 9.17) is 19.4 Å². The van der Waals surface area contributed by atoms with Crippen molar-refractivity contribution in [3.63, 3.8) is 0 Å². The highest BCUT2D eigenvalue weighted by atomic mass is 16.3. The molecule has 3 heterocycles. The molecule has 11 aromatic rings. The molecule has 1 aliphatic carbocycles. The van der Waals surface area contributed by atoms with Gasteiger partial charge in [0, 0.05) is 49.7 Å². The fourth-order valence-corrected chi connectivity index (χ4v) is 9.26. The van der Waals surface area contributed by atoms with E-state index >= 15 is 0 Å². The number of para-hydroxylation sites is 2. The molecule has 0 saturated heterocycles. The zero-order valence-corrected chi connectivity index (χ0v) is 31.4. The minimum absolute atomic E-state index is 0.163. The van der Waals surface area contributed by atoms with Crippen molar-refractivity contribution in [2.24, 2.45) is 0 Å².